The summed E-state index contributed by atoms with van der Waals surface area (Å²) in [6.45, 7) is 2.57. The molecule has 25 heavy (non-hydrogen) atoms. The number of carbonyl (C=O) groups is 1. The van der Waals surface area contributed by atoms with Crippen molar-refractivity contribution in [1.29, 1.82) is 0 Å². The van der Waals surface area contributed by atoms with Gasteiger partial charge in [0.15, 0.2) is 5.17 Å². The minimum absolute atomic E-state index is 0.0698. The van der Waals surface area contributed by atoms with Crippen molar-refractivity contribution in [2.45, 2.75) is 6.92 Å². The average Bonchev–Trinajstić information content (AvgIpc) is 2.85. The molecule has 0 aliphatic carbocycles. The van der Waals surface area contributed by atoms with Crippen LogP contribution in [0, 0.1) is 0 Å². The van der Waals surface area contributed by atoms with E-state index in [1.165, 1.54) is 11.8 Å². The highest BCUT2D eigenvalue weighted by molar-refractivity contribution is 8.18. The third-order valence-electron chi connectivity index (χ3n) is 3.53. The highest BCUT2D eigenvalue weighted by Crippen LogP contribution is 2.33. The topological polar surface area (TPSA) is 41.9 Å². The predicted octanol–water partition coefficient (Wildman–Crippen LogP) is 4.97. The summed E-state index contributed by atoms with van der Waals surface area (Å²) in [6.07, 6.45) is 1.86. The molecule has 2 aromatic rings. The number of hydrogen-bond acceptors (Lipinski definition) is 4. The van der Waals surface area contributed by atoms with E-state index in [-0.39, 0.29) is 5.91 Å². The van der Waals surface area contributed by atoms with Crippen LogP contribution in [0.5, 0.6) is 5.75 Å². The Morgan fingerprint density at radius 1 is 1.24 bits per heavy atom. The second-order valence-electron chi connectivity index (χ2n) is 5.35. The van der Waals surface area contributed by atoms with Crippen LogP contribution in [0.4, 0.5) is 5.69 Å². The molecule has 1 aliphatic heterocycles. The smallest absolute Gasteiger partial charge is 0.266 e. The summed E-state index contributed by atoms with van der Waals surface area (Å²) in [5, 5.41) is 1.24. The second-order valence-corrected chi connectivity index (χ2v) is 6.80. The molecule has 6 heteroatoms. The highest BCUT2D eigenvalue weighted by atomic mass is 35.5. The normalized spacial score (nSPS) is 17.6. The van der Waals surface area contributed by atoms with Crippen molar-refractivity contribution in [3.05, 3.63) is 64.0 Å². The van der Waals surface area contributed by atoms with Crippen LogP contribution in [0.15, 0.2) is 58.4 Å². The Kier molecular flexibility index (Phi) is 5.46. The number of likely N-dealkylation sites (N-methyl/N-ethyl adjacent to an activating group) is 1. The Hall–Kier alpha value is -2.24. The van der Waals surface area contributed by atoms with Gasteiger partial charge in [0.1, 0.15) is 5.75 Å². The Balaban J connectivity index is 1.83. The molecule has 0 spiro atoms. The first-order valence-electron chi connectivity index (χ1n) is 7.81. The number of carbonyl (C=O) groups excluding carboxylic acids is 1. The standard InChI is InChI=1S/C19H17ClN2O2S/c1-3-24-16-9-7-13(8-10-16)11-17-18(23)22(2)19(25-17)21-15-6-4-5-14(20)12-15/h4-12H,3H2,1-2H3/b17-11-,21-19?. The van der Waals surface area contributed by atoms with E-state index in [0.29, 0.717) is 21.7 Å². The number of benzene rings is 2. The van der Waals surface area contributed by atoms with E-state index in [4.69, 9.17) is 16.3 Å². The van der Waals surface area contributed by atoms with E-state index < -0.39 is 0 Å². The van der Waals surface area contributed by atoms with Gasteiger partial charge < -0.3 is 4.74 Å². The van der Waals surface area contributed by atoms with Crippen LogP contribution in [0.25, 0.3) is 6.08 Å². The molecular weight excluding hydrogens is 356 g/mol. The molecule has 0 bridgehead atoms. The fourth-order valence-electron chi connectivity index (χ4n) is 2.29. The molecule has 0 radical (unpaired) electrons. The SMILES string of the molecule is CCOc1ccc(/C=C2\SC(=Nc3cccc(Cl)c3)N(C)C2=O)cc1. The quantitative estimate of drug-likeness (QED) is 0.711. The fourth-order valence-corrected chi connectivity index (χ4v) is 3.46. The highest BCUT2D eigenvalue weighted by Gasteiger charge is 2.30. The summed E-state index contributed by atoms with van der Waals surface area (Å²) >= 11 is 7.34. The number of hydrogen-bond donors (Lipinski definition) is 0. The molecule has 0 aromatic heterocycles. The fraction of sp³-hybridized carbons (Fsp3) is 0.158. The average molecular weight is 373 g/mol. The Bertz CT molecular complexity index is 847. The molecule has 0 N–H and O–H groups in total. The van der Waals surface area contributed by atoms with Gasteiger partial charge in [0.25, 0.3) is 5.91 Å². The summed E-state index contributed by atoms with van der Waals surface area (Å²) < 4.78 is 5.43. The van der Waals surface area contributed by atoms with Crippen LogP contribution in [-0.4, -0.2) is 29.6 Å². The first-order chi connectivity index (χ1) is 12.1. The number of nitrogens with zero attached hydrogens (tertiary/aromatic N) is 2. The van der Waals surface area contributed by atoms with Gasteiger partial charge in [-0.3, -0.25) is 9.69 Å². The number of ether oxygens (including phenoxy) is 1. The molecule has 128 valence electrons. The number of aliphatic imine (C=N–C) groups is 1. The van der Waals surface area contributed by atoms with Crippen LogP contribution in [0.2, 0.25) is 5.02 Å². The second kappa shape index (κ2) is 7.76. The summed E-state index contributed by atoms with van der Waals surface area (Å²) in [5.74, 6) is 0.745. The molecule has 1 fully saturated rings. The summed E-state index contributed by atoms with van der Waals surface area (Å²) in [5.41, 5.74) is 1.66. The largest absolute Gasteiger partial charge is 0.494 e. The van der Waals surface area contributed by atoms with E-state index >= 15 is 0 Å². The molecular formula is C19H17ClN2O2S. The third-order valence-corrected chi connectivity index (χ3v) is 4.82. The zero-order valence-corrected chi connectivity index (χ0v) is 15.5. The van der Waals surface area contributed by atoms with Crippen molar-refractivity contribution >= 4 is 46.2 Å². The summed E-state index contributed by atoms with van der Waals surface area (Å²) in [4.78, 5) is 19.2. The first-order valence-corrected chi connectivity index (χ1v) is 9.01. The van der Waals surface area contributed by atoms with Crippen molar-refractivity contribution in [3.63, 3.8) is 0 Å². The first kappa shape index (κ1) is 17.6. The number of halogens is 1. The molecule has 0 atom stereocenters. The van der Waals surface area contributed by atoms with Crippen molar-refractivity contribution in [2.24, 2.45) is 4.99 Å². The number of thioether (sulfide) groups is 1. The lowest BCUT2D eigenvalue weighted by Gasteiger charge is -2.07. The van der Waals surface area contributed by atoms with E-state index in [1.54, 1.807) is 24.1 Å². The molecule has 0 unspecified atom stereocenters. The maximum absolute atomic E-state index is 12.5. The zero-order chi connectivity index (χ0) is 17.8. The molecule has 3 rings (SSSR count). The van der Waals surface area contributed by atoms with E-state index in [9.17, 15) is 4.79 Å². The molecule has 1 heterocycles. The van der Waals surface area contributed by atoms with Gasteiger partial charge in [-0.2, -0.15) is 0 Å². The van der Waals surface area contributed by atoms with Crippen LogP contribution in [0.3, 0.4) is 0 Å². The Morgan fingerprint density at radius 3 is 2.68 bits per heavy atom. The predicted molar refractivity (Wildman–Crippen MR) is 104 cm³/mol. The van der Waals surface area contributed by atoms with Gasteiger partial charge in [0, 0.05) is 12.1 Å². The Morgan fingerprint density at radius 2 is 2.00 bits per heavy atom. The van der Waals surface area contributed by atoms with Gasteiger partial charge in [-0.05, 0) is 60.7 Å². The van der Waals surface area contributed by atoms with Crippen molar-refractivity contribution in [3.8, 4) is 5.75 Å². The van der Waals surface area contributed by atoms with Crippen molar-refractivity contribution in [1.82, 2.24) is 4.90 Å². The van der Waals surface area contributed by atoms with E-state index in [2.05, 4.69) is 4.99 Å². The minimum Gasteiger partial charge on any atom is -0.494 e. The monoisotopic (exact) mass is 372 g/mol. The lowest BCUT2D eigenvalue weighted by atomic mass is 10.2. The van der Waals surface area contributed by atoms with Crippen LogP contribution < -0.4 is 4.74 Å². The lowest BCUT2D eigenvalue weighted by molar-refractivity contribution is -0.121. The summed E-state index contributed by atoms with van der Waals surface area (Å²) in [6, 6.07) is 14.9. The Labute approximate surface area is 156 Å². The molecule has 4 nitrogen and oxygen atoms in total. The third kappa shape index (κ3) is 4.24. The van der Waals surface area contributed by atoms with E-state index in [1.807, 2.05) is 49.4 Å². The maximum Gasteiger partial charge on any atom is 0.266 e. The van der Waals surface area contributed by atoms with E-state index in [0.717, 1.165) is 17.0 Å². The molecule has 1 amide bonds. The summed E-state index contributed by atoms with van der Waals surface area (Å²) in [7, 11) is 1.72. The van der Waals surface area contributed by atoms with Crippen molar-refractivity contribution in [2.75, 3.05) is 13.7 Å². The lowest BCUT2D eigenvalue weighted by Crippen LogP contribution is -2.23. The number of rotatable bonds is 4. The minimum atomic E-state index is -0.0698. The maximum atomic E-state index is 12.5. The van der Waals surface area contributed by atoms with Gasteiger partial charge in [0.2, 0.25) is 0 Å². The van der Waals surface area contributed by atoms with Crippen LogP contribution in [-0.2, 0) is 4.79 Å². The molecule has 0 saturated carbocycles. The zero-order valence-electron chi connectivity index (χ0n) is 13.9. The van der Waals surface area contributed by atoms with Crippen molar-refractivity contribution < 1.29 is 9.53 Å². The molecule has 1 aliphatic rings. The molecule has 1 saturated heterocycles. The van der Waals surface area contributed by atoms with Gasteiger partial charge in [-0.1, -0.05) is 29.8 Å². The van der Waals surface area contributed by atoms with Gasteiger partial charge in [0.05, 0.1) is 17.2 Å². The number of amides is 1. The van der Waals surface area contributed by atoms with Gasteiger partial charge >= 0.3 is 0 Å². The van der Waals surface area contributed by atoms with Crippen LogP contribution >= 0.6 is 23.4 Å². The van der Waals surface area contributed by atoms with Crippen LogP contribution in [0.1, 0.15) is 12.5 Å². The number of amidine groups is 1. The molecule has 2 aromatic carbocycles. The van der Waals surface area contributed by atoms with Gasteiger partial charge in [-0.15, -0.1) is 0 Å². The van der Waals surface area contributed by atoms with Gasteiger partial charge in [-0.25, -0.2) is 4.99 Å².